The van der Waals surface area contributed by atoms with E-state index in [-0.39, 0.29) is 11.9 Å². The van der Waals surface area contributed by atoms with Crippen LogP contribution >= 0.6 is 0 Å². The van der Waals surface area contributed by atoms with Crippen molar-refractivity contribution in [3.63, 3.8) is 0 Å². The quantitative estimate of drug-likeness (QED) is 0.937. The van der Waals surface area contributed by atoms with E-state index in [1.807, 2.05) is 26.8 Å². The first-order valence-electron chi connectivity index (χ1n) is 7.89. The van der Waals surface area contributed by atoms with Crippen molar-refractivity contribution < 1.29 is 14.1 Å². The first-order chi connectivity index (χ1) is 11.0. The molecular formula is C17H21N3O3. The minimum absolute atomic E-state index is 0.0339. The van der Waals surface area contributed by atoms with E-state index in [0.717, 1.165) is 41.2 Å². The number of aromatic nitrogens is 2. The van der Waals surface area contributed by atoms with E-state index in [2.05, 4.69) is 15.5 Å². The van der Waals surface area contributed by atoms with Crippen LogP contribution < -0.4 is 10.1 Å². The first kappa shape index (κ1) is 15.5. The number of fused-ring (bicyclic) bond motifs is 1. The van der Waals surface area contributed by atoms with Gasteiger partial charge in [-0.1, -0.05) is 5.16 Å². The average Bonchev–Trinajstić information content (AvgIpc) is 2.86. The summed E-state index contributed by atoms with van der Waals surface area (Å²) in [6, 6.07) is 1.79. The molecular weight excluding hydrogens is 294 g/mol. The van der Waals surface area contributed by atoms with Crippen LogP contribution in [0.5, 0.6) is 5.75 Å². The summed E-state index contributed by atoms with van der Waals surface area (Å²) in [5.41, 5.74) is 3.40. The molecule has 1 amide bonds. The Bertz CT molecular complexity index is 704. The molecule has 6 nitrogen and oxygen atoms in total. The Balaban J connectivity index is 1.67. The molecule has 0 saturated heterocycles. The van der Waals surface area contributed by atoms with E-state index in [9.17, 15) is 4.79 Å². The van der Waals surface area contributed by atoms with E-state index in [1.54, 1.807) is 6.20 Å². The lowest BCUT2D eigenvalue weighted by atomic mass is 10.0. The van der Waals surface area contributed by atoms with Gasteiger partial charge in [-0.25, -0.2) is 4.98 Å². The van der Waals surface area contributed by atoms with Gasteiger partial charge in [0.05, 0.1) is 18.5 Å². The normalized spacial score (nSPS) is 14.7. The van der Waals surface area contributed by atoms with Gasteiger partial charge in [0.15, 0.2) is 0 Å². The predicted molar refractivity (Wildman–Crippen MR) is 84.7 cm³/mol. The summed E-state index contributed by atoms with van der Waals surface area (Å²) in [4.78, 5) is 16.6. The highest BCUT2D eigenvalue weighted by atomic mass is 16.5. The van der Waals surface area contributed by atoms with E-state index >= 15 is 0 Å². The highest BCUT2D eigenvalue weighted by Gasteiger charge is 2.18. The number of nitrogens with zero attached hydrogens (tertiary/aromatic N) is 2. The predicted octanol–water partition coefficient (Wildman–Crippen LogP) is 2.37. The molecule has 1 N–H and O–H groups in total. The van der Waals surface area contributed by atoms with Crippen LogP contribution in [0.3, 0.4) is 0 Å². The molecule has 0 fully saturated rings. The van der Waals surface area contributed by atoms with Gasteiger partial charge in [-0.05, 0) is 51.7 Å². The van der Waals surface area contributed by atoms with Crippen LogP contribution in [0.1, 0.15) is 46.4 Å². The molecule has 0 spiro atoms. The van der Waals surface area contributed by atoms with Gasteiger partial charge >= 0.3 is 0 Å². The van der Waals surface area contributed by atoms with Crippen LogP contribution in [0.25, 0.3) is 0 Å². The number of ether oxygens (including phenoxy) is 1. The van der Waals surface area contributed by atoms with Crippen LogP contribution in [0.4, 0.5) is 0 Å². The lowest BCUT2D eigenvalue weighted by Crippen LogP contribution is -2.35. The molecule has 3 rings (SSSR count). The van der Waals surface area contributed by atoms with Crippen molar-refractivity contribution in [1.82, 2.24) is 15.5 Å². The second kappa shape index (κ2) is 6.40. The van der Waals surface area contributed by atoms with Gasteiger partial charge in [0, 0.05) is 11.6 Å². The van der Waals surface area contributed by atoms with Crippen LogP contribution in [0.2, 0.25) is 0 Å². The fourth-order valence-corrected chi connectivity index (χ4v) is 2.83. The van der Waals surface area contributed by atoms with Gasteiger partial charge in [0.1, 0.15) is 17.2 Å². The third-order valence-corrected chi connectivity index (χ3v) is 4.10. The zero-order valence-electron chi connectivity index (χ0n) is 13.7. The fourth-order valence-electron chi connectivity index (χ4n) is 2.83. The molecule has 1 aliphatic heterocycles. The number of pyridine rings is 1. The number of rotatable bonds is 4. The zero-order valence-corrected chi connectivity index (χ0v) is 13.7. The standard InChI is InChI=1S/C17H21N3O3/c1-10(7-14-11(2)20-23-12(14)3)19-17(21)15-8-13-5-4-6-22-16(13)9-18-15/h8-10H,4-7H2,1-3H3,(H,19,21). The molecule has 1 unspecified atom stereocenters. The number of aryl methyl sites for hydroxylation is 3. The van der Waals surface area contributed by atoms with Gasteiger partial charge < -0.3 is 14.6 Å². The zero-order chi connectivity index (χ0) is 16.4. The number of hydrogen-bond acceptors (Lipinski definition) is 5. The van der Waals surface area contributed by atoms with Crippen LogP contribution in [-0.2, 0) is 12.8 Å². The molecule has 2 aromatic rings. The lowest BCUT2D eigenvalue weighted by molar-refractivity contribution is 0.0934. The third kappa shape index (κ3) is 3.36. The molecule has 0 aliphatic carbocycles. The summed E-state index contributed by atoms with van der Waals surface area (Å²) in [5, 5.41) is 6.92. The van der Waals surface area contributed by atoms with Crippen molar-refractivity contribution in [3.8, 4) is 5.75 Å². The van der Waals surface area contributed by atoms with E-state index in [0.29, 0.717) is 18.7 Å². The van der Waals surface area contributed by atoms with Crippen molar-refractivity contribution in [2.45, 2.75) is 46.1 Å². The molecule has 0 saturated carbocycles. The number of hydrogen-bond donors (Lipinski definition) is 1. The second-order valence-corrected chi connectivity index (χ2v) is 6.01. The smallest absolute Gasteiger partial charge is 0.270 e. The monoisotopic (exact) mass is 315 g/mol. The minimum Gasteiger partial charge on any atom is -0.492 e. The Kier molecular flexibility index (Phi) is 4.32. The minimum atomic E-state index is -0.169. The molecule has 122 valence electrons. The Morgan fingerprint density at radius 2 is 2.26 bits per heavy atom. The summed E-state index contributed by atoms with van der Waals surface area (Å²) in [6.07, 6.45) is 4.22. The SMILES string of the molecule is Cc1noc(C)c1CC(C)NC(=O)c1cc2c(cn1)OCCC2. The Morgan fingerprint density at radius 3 is 3.00 bits per heavy atom. The van der Waals surface area contributed by atoms with Crippen molar-refractivity contribution in [1.29, 1.82) is 0 Å². The van der Waals surface area contributed by atoms with E-state index < -0.39 is 0 Å². The van der Waals surface area contributed by atoms with Gasteiger partial charge in [-0.2, -0.15) is 0 Å². The van der Waals surface area contributed by atoms with Gasteiger partial charge in [-0.15, -0.1) is 0 Å². The molecule has 0 radical (unpaired) electrons. The maximum Gasteiger partial charge on any atom is 0.270 e. The van der Waals surface area contributed by atoms with Crippen molar-refractivity contribution in [2.24, 2.45) is 0 Å². The molecule has 3 heterocycles. The number of nitrogens with one attached hydrogen (secondary N) is 1. The largest absolute Gasteiger partial charge is 0.492 e. The number of carbonyl (C=O) groups excluding carboxylic acids is 1. The third-order valence-electron chi connectivity index (χ3n) is 4.10. The Labute approximate surface area is 135 Å². The molecule has 2 aromatic heterocycles. The Morgan fingerprint density at radius 1 is 1.43 bits per heavy atom. The van der Waals surface area contributed by atoms with E-state index in [4.69, 9.17) is 9.26 Å². The highest BCUT2D eigenvalue weighted by molar-refractivity contribution is 5.92. The first-order valence-corrected chi connectivity index (χ1v) is 7.89. The summed E-state index contributed by atoms with van der Waals surface area (Å²) >= 11 is 0. The molecule has 23 heavy (non-hydrogen) atoms. The average molecular weight is 315 g/mol. The lowest BCUT2D eigenvalue weighted by Gasteiger charge is -2.18. The molecule has 6 heteroatoms. The maximum atomic E-state index is 12.4. The summed E-state index contributed by atoms with van der Waals surface area (Å²) in [6.45, 7) is 6.47. The topological polar surface area (TPSA) is 77.3 Å². The maximum absolute atomic E-state index is 12.4. The van der Waals surface area contributed by atoms with Gasteiger partial charge in [0.2, 0.25) is 0 Å². The van der Waals surface area contributed by atoms with Crippen LogP contribution in [0, 0.1) is 13.8 Å². The number of carbonyl (C=O) groups is 1. The summed E-state index contributed by atoms with van der Waals surface area (Å²) in [5.74, 6) is 1.42. The molecule has 0 bridgehead atoms. The van der Waals surface area contributed by atoms with Crippen LogP contribution in [-0.4, -0.2) is 28.7 Å². The molecule has 1 atom stereocenters. The number of amides is 1. The van der Waals surface area contributed by atoms with Crippen molar-refractivity contribution in [3.05, 3.63) is 40.5 Å². The van der Waals surface area contributed by atoms with Gasteiger partial charge in [0.25, 0.3) is 5.91 Å². The van der Waals surface area contributed by atoms with E-state index in [1.165, 1.54) is 0 Å². The second-order valence-electron chi connectivity index (χ2n) is 6.01. The summed E-state index contributed by atoms with van der Waals surface area (Å²) in [7, 11) is 0. The summed E-state index contributed by atoms with van der Waals surface area (Å²) < 4.78 is 10.7. The Hall–Kier alpha value is -2.37. The van der Waals surface area contributed by atoms with Crippen molar-refractivity contribution >= 4 is 5.91 Å². The van der Waals surface area contributed by atoms with Gasteiger partial charge in [-0.3, -0.25) is 4.79 Å². The fraction of sp³-hybridized carbons (Fsp3) is 0.471. The van der Waals surface area contributed by atoms with Crippen LogP contribution in [0.15, 0.2) is 16.8 Å². The van der Waals surface area contributed by atoms with Crippen molar-refractivity contribution in [2.75, 3.05) is 6.61 Å². The highest BCUT2D eigenvalue weighted by Crippen LogP contribution is 2.24. The molecule has 1 aliphatic rings. The molecule has 0 aromatic carbocycles.